The lowest BCUT2D eigenvalue weighted by atomic mass is 10.1. The van der Waals surface area contributed by atoms with Crippen molar-refractivity contribution in [3.63, 3.8) is 0 Å². The molecule has 0 saturated carbocycles. The molecule has 0 radical (unpaired) electrons. The number of aromatic nitrogens is 3. The molecule has 0 aliphatic carbocycles. The molecule has 1 atom stereocenters. The van der Waals surface area contributed by atoms with Gasteiger partial charge in [-0.2, -0.15) is 4.98 Å². The number of aliphatic carboxylic acids is 1. The molecule has 3 aromatic rings. The van der Waals surface area contributed by atoms with Crippen molar-refractivity contribution >= 4 is 23.4 Å². The van der Waals surface area contributed by atoms with Crippen molar-refractivity contribution in [1.29, 1.82) is 0 Å². The number of carboxylic acids is 1. The molecular weight excluding hydrogens is 380 g/mol. The standard InChI is InChI=1S/C19H16N4O4S/c1-28-19-21-18-16(22-23-19)11-6-2-4-8-13(11)20-17(27-18)12-7-3-5-9-14(12)26-10-15(24)25/h2-9,17,20H,10H2,1H3,(H,24,25)/p-1/t17-/m1/s1. The number of nitrogens with zero attached hydrogens (tertiary/aromatic N) is 3. The van der Waals surface area contributed by atoms with Crippen molar-refractivity contribution in [3.8, 4) is 22.9 Å². The van der Waals surface area contributed by atoms with Gasteiger partial charge in [-0.25, -0.2) is 0 Å². The number of thioether (sulfide) groups is 1. The van der Waals surface area contributed by atoms with Gasteiger partial charge in [0.05, 0.1) is 11.5 Å². The number of nitrogens with one attached hydrogen (secondary N) is 1. The maximum Gasteiger partial charge on any atom is 0.247 e. The molecule has 2 heterocycles. The number of para-hydroxylation sites is 2. The van der Waals surface area contributed by atoms with Crippen LogP contribution in [-0.2, 0) is 4.79 Å². The van der Waals surface area contributed by atoms with Crippen LogP contribution < -0.4 is 19.9 Å². The first-order valence-electron chi connectivity index (χ1n) is 8.38. The van der Waals surface area contributed by atoms with Crippen molar-refractivity contribution in [1.82, 2.24) is 15.2 Å². The summed E-state index contributed by atoms with van der Waals surface area (Å²) in [5, 5.41) is 23.0. The van der Waals surface area contributed by atoms with Gasteiger partial charge in [-0.3, -0.25) is 0 Å². The van der Waals surface area contributed by atoms with Crippen LogP contribution in [0.15, 0.2) is 53.7 Å². The number of anilines is 1. The second-order valence-corrected chi connectivity index (χ2v) is 6.61. The van der Waals surface area contributed by atoms with Crippen LogP contribution in [0.2, 0.25) is 0 Å². The number of rotatable bonds is 5. The summed E-state index contributed by atoms with van der Waals surface area (Å²) in [6.07, 6.45) is 1.18. The highest BCUT2D eigenvalue weighted by molar-refractivity contribution is 7.98. The number of hydrogen-bond donors (Lipinski definition) is 1. The number of fused-ring (bicyclic) bond motifs is 3. The summed E-state index contributed by atoms with van der Waals surface area (Å²) >= 11 is 1.36. The predicted molar refractivity (Wildman–Crippen MR) is 101 cm³/mol. The quantitative estimate of drug-likeness (QED) is 0.648. The molecule has 1 aromatic heterocycles. The average Bonchev–Trinajstić information content (AvgIpc) is 2.88. The second kappa shape index (κ2) is 7.73. The Kier molecular flexibility index (Phi) is 4.98. The fourth-order valence-electron chi connectivity index (χ4n) is 2.84. The van der Waals surface area contributed by atoms with Gasteiger partial charge in [-0.15, -0.1) is 10.2 Å². The van der Waals surface area contributed by atoms with Crippen molar-refractivity contribution < 1.29 is 19.4 Å². The van der Waals surface area contributed by atoms with Crippen LogP contribution in [0.1, 0.15) is 11.8 Å². The van der Waals surface area contributed by atoms with Crippen LogP contribution in [0.3, 0.4) is 0 Å². The maximum absolute atomic E-state index is 10.8. The van der Waals surface area contributed by atoms with Crippen LogP contribution in [-0.4, -0.2) is 34.0 Å². The molecule has 0 unspecified atom stereocenters. The molecule has 1 N–H and O–H groups in total. The summed E-state index contributed by atoms with van der Waals surface area (Å²) < 4.78 is 11.5. The zero-order chi connectivity index (χ0) is 19.5. The van der Waals surface area contributed by atoms with Gasteiger partial charge in [0.1, 0.15) is 12.4 Å². The van der Waals surface area contributed by atoms with Crippen molar-refractivity contribution in [2.45, 2.75) is 11.4 Å². The Morgan fingerprint density at radius 3 is 2.82 bits per heavy atom. The first-order valence-corrected chi connectivity index (χ1v) is 9.61. The lowest BCUT2D eigenvalue weighted by Gasteiger charge is -2.22. The summed E-state index contributed by atoms with van der Waals surface area (Å²) in [7, 11) is 0. The molecule has 142 valence electrons. The summed E-state index contributed by atoms with van der Waals surface area (Å²) in [6.45, 7) is -0.558. The van der Waals surface area contributed by atoms with E-state index in [0.717, 1.165) is 11.3 Å². The molecule has 0 fully saturated rings. The van der Waals surface area contributed by atoms with Crippen LogP contribution >= 0.6 is 11.8 Å². The molecular formula is C19H15N4O4S-. The van der Waals surface area contributed by atoms with E-state index in [9.17, 15) is 9.90 Å². The molecule has 1 aliphatic heterocycles. The Hall–Kier alpha value is -3.33. The molecule has 0 spiro atoms. The molecule has 2 aromatic carbocycles. The summed E-state index contributed by atoms with van der Waals surface area (Å²) in [5.41, 5.74) is 2.74. The van der Waals surface area contributed by atoms with Crippen LogP contribution in [0.5, 0.6) is 11.6 Å². The Labute approximate surface area is 164 Å². The summed E-state index contributed by atoms with van der Waals surface area (Å²) in [4.78, 5) is 15.3. The summed E-state index contributed by atoms with van der Waals surface area (Å²) in [6, 6.07) is 14.6. The number of benzene rings is 2. The zero-order valence-electron chi connectivity index (χ0n) is 14.8. The summed E-state index contributed by atoms with van der Waals surface area (Å²) in [5.74, 6) is -0.601. The highest BCUT2D eigenvalue weighted by atomic mass is 32.2. The van der Waals surface area contributed by atoms with Crippen molar-refractivity contribution in [2.24, 2.45) is 0 Å². The third-order valence-corrected chi connectivity index (χ3v) is 4.60. The van der Waals surface area contributed by atoms with E-state index in [2.05, 4.69) is 20.5 Å². The highest BCUT2D eigenvalue weighted by Gasteiger charge is 2.27. The van der Waals surface area contributed by atoms with Crippen LogP contribution in [0.4, 0.5) is 5.69 Å². The van der Waals surface area contributed by atoms with Gasteiger partial charge in [0.25, 0.3) is 0 Å². The zero-order valence-corrected chi connectivity index (χ0v) is 15.6. The lowest BCUT2D eigenvalue weighted by Crippen LogP contribution is -2.29. The fraction of sp³-hybridized carbons (Fsp3) is 0.158. The Balaban J connectivity index is 1.79. The van der Waals surface area contributed by atoms with Crippen LogP contribution in [0.25, 0.3) is 11.3 Å². The van der Waals surface area contributed by atoms with E-state index < -0.39 is 18.8 Å². The van der Waals surface area contributed by atoms with E-state index in [1.54, 1.807) is 18.2 Å². The van der Waals surface area contributed by atoms with Crippen LogP contribution in [0, 0.1) is 0 Å². The number of ether oxygens (including phenoxy) is 2. The van der Waals surface area contributed by atoms with Gasteiger partial charge in [0.2, 0.25) is 17.3 Å². The van der Waals surface area contributed by atoms with Gasteiger partial charge < -0.3 is 24.7 Å². The Bertz CT molecular complexity index is 1030. The number of carbonyl (C=O) groups excluding carboxylic acids is 1. The fourth-order valence-corrected chi connectivity index (χ4v) is 3.14. The molecule has 9 heteroatoms. The first kappa shape index (κ1) is 18.1. The Morgan fingerprint density at radius 1 is 1.21 bits per heavy atom. The van der Waals surface area contributed by atoms with Gasteiger partial charge in [0.15, 0.2) is 5.69 Å². The Morgan fingerprint density at radius 2 is 2.00 bits per heavy atom. The van der Waals surface area contributed by atoms with E-state index in [0.29, 0.717) is 28.0 Å². The second-order valence-electron chi connectivity index (χ2n) is 5.84. The predicted octanol–water partition coefficient (Wildman–Crippen LogP) is 1.89. The maximum atomic E-state index is 10.8. The van der Waals surface area contributed by atoms with Crippen molar-refractivity contribution in [2.75, 3.05) is 18.2 Å². The number of hydrogen-bond acceptors (Lipinski definition) is 9. The van der Waals surface area contributed by atoms with E-state index in [-0.39, 0.29) is 0 Å². The van der Waals surface area contributed by atoms with Gasteiger partial charge in [-0.1, -0.05) is 42.1 Å². The minimum absolute atomic E-state index is 0.330. The first-order chi connectivity index (χ1) is 13.7. The number of carboxylic acid groups (broad SMARTS) is 1. The SMILES string of the molecule is CSc1nnc2c(n1)O[C@H](c1ccccc1OCC(=O)[O-])Nc1ccccc1-2. The smallest absolute Gasteiger partial charge is 0.247 e. The monoisotopic (exact) mass is 395 g/mol. The van der Waals surface area contributed by atoms with E-state index in [1.165, 1.54) is 11.8 Å². The molecule has 4 rings (SSSR count). The minimum Gasteiger partial charge on any atom is -0.546 e. The van der Waals surface area contributed by atoms with E-state index in [1.807, 2.05) is 36.6 Å². The topological polar surface area (TPSA) is 109 Å². The van der Waals surface area contributed by atoms with Gasteiger partial charge >= 0.3 is 0 Å². The molecule has 8 nitrogen and oxygen atoms in total. The normalized spacial score (nSPS) is 14.7. The number of carbonyl (C=O) groups is 1. The van der Waals surface area contributed by atoms with Crippen molar-refractivity contribution in [3.05, 3.63) is 54.1 Å². The molecule has 0 amide bonds. The molecule has 0 saturated heterocycles. The highest BCUT2D eigenvalue weighted by Crippen LogP contribution is 2.40. The van der Waals surface area contributed by atoms with Gasteiger partial charge in [0, 0.05) is 11.3 Å². The van der Waals surface area contributed by atoms with E-state index in [4.69, 9.17) is 9.47 Å². The lowest BCUT2D eigenvalue weighted by molar-refractivity contribution is -0.307. The molecule has 1 aliphatic rings. The van der Waals surface area contributed by atoms with E-state index >= 15 is 0 Å². The largest absolute Gasteiger partial charge is 0.546 e. The third-order valence-electron chi connectivity index (χ3n) is 4.06. The molecule has 28 heavy (non-hydrogen) atoms. The van der Waals surface area contributed by atoms with Gasteiger partial charge in [-0.05, 0) is 24.5 Å². The average molecular weight is 395 g/mol. The minimum atomic E-state index is -1.30. The molecule has 0 bridgehead atoms. The third kappa shape index (κ3) is 3.56.